The highest BCUT2D eigenvalue weighted by Crippen LogP contribution is 2.05. The van der Waals surface area contributed by atoms with Gasteiger partial charge in [0.15, 0.2) is 0 Å². The highest BCUT2D eigenvalue weighted by molar-refractivity contribution is 5.69. The topological polar surface area (TPSA) is 38.3 Å². The molecule has 0 radical (unpaired) electrons. The summed E-state index contributed by atoms with van der Waals surface area (Å²) in [6.45, 7) is 2.69. The molecule has 0 spiro atoms. The highest BCUT2D eigenvalue weighted by atomic mass is 16.6. The van der Waals surface area contributed by atoms with Crippen molar-refractivity contribution in [3.8, 4) is 0 Å². The van der Waals surface area contributed by atoms with Crippen molar-refractivity contribution < 1.29 is 9.53 Å². The Balaban J connectivity index is 2.12. The number of alkyl carbamates (subject to hydrolysis) is 1. The summed E-state index contributed by atoms with van der Waals surface area (Å²) in [5.41, 5.74) is 0. The predicted octanol–water partition coefficient (Wildman–Crippen LogP) is 1.28. The third kappa shape index (κ3) is 1.90. The van der Waals surface area contributed by atoms with Crippen LogP contribution >= 0.6 is 0 Å². The number of unbranched alkanes of at least 4 members (excludes halogenated alkanes) is 1. The quantitative estimate of drug-likeness (QED) is 0.646. The van der Waals surface area contributed by atoms with E-state index in [0.29, 0.717) is 6.61 Å². The highest BCUT2D eigenvalue weighted by Gasteiger charge is 2.20. The lowest BCUT2D eigenvalue weighted by atomic mass is 10.1. The van der Waals surface area contributed by atoms with E-state index in [9.17, 15) is 4.79 Å². The van der Waals surface area contributed by atoms with Crippen LogP contribution in [0, 0.1) is 0 Å². The molecule has 3 nitrogen and oxygen atoms in total. The number of carbonyl (C=O) groups excluding carboxylic acids is 1. The van der Waals surface area contributed by atoms with Gasteiger partial charge < -0.3 is 10.1 Å². The Morgan fingerprint density at radius 1 is 1.80 bits per heavy atom. The average molecular weight is 143 g/mol. The first-order valence-corrected chi connectivity index (χ1v) is 3.76. The van der Waals surface area contributed by atoms with Gasteiger partial charge in [-0.1, -0.05) is 19.8 Å². The summed E-state index contributed by atoms with van der Waals surface area (Å²) in [4.78, 5) is 10.5. The number of carbonyl (C=O) groups is 1. The van der Waals surface area contributed by atoms with E-state index in [1.807, 2.05) is 0 Å². The molecule has 0 bridgehead atoms. The molecule has 1 heterocycles. The Labute approximate surface area is 60.7 Å². The number of cyclic esters (lactones) is 1. The number of ether oxygens (including phenoxy) is 1. The fourth-order valence-electron chi connectivity index (χ4n) is 1.03. The normalized spacial score (nSPS) is 24.1. The van der Waals surface area contributed by atoms with E-state index in [4.69, 9.17) is 4.74 Å². The van der Waals surface area contributed by atoms with Gasteiger partial charge in [-0.25, -0.2) is 4.79 Å². The van der Waals surface area contributed by atoms with Crippen LogP contribution in [0.3, 0.4) is 0 Å². The second-order valence-corrected chi connectivity index (χ2v) is 2.58. The first-order chi connectivity index (χ1) is 4.83. The minimum atomic E-state index is -0.263. The van der Waals surface area contributed by atoms with Crippen LogP contribution in [0.1, 0.15) is 26.2 Å². The predicted molar refractivity (Wildman–Crippen MR) is 37.8 cm³/mol. The maximum Gasteiger partial charge on any atom is 0.407 e. The van der Waals surface area contributed by atoms with Gasteiger partial charge in [-0.3, -0.25) is 0 Å². The molecular weight excluding hydrogens is 130 g/mol. The number of hydrogen-bond acceptors (Lipinski definition) is 2. The molecule has 1 aliphatic heterocycles. The van der Waals surface area contributed by atoms with Crippen LogP contribution in [0.4, 0.5) is 4.79 Å². The number of rotatable bonds is 3. The Bertz CT molecular complexity index is 125. The van der Waals surface area contributed by atoms with Crippen LogP contribution in [-0.4, -0.2) is 18.7 Å². The van der Waals surface area contributed by atoms with Gasteiger partial charge in [-0.05, 0) is 6.42 Å². The van der Waals surface area contributed by atoms with Gasteiger partial charge >= 0.3 is 6.09 Å². The summed E-state index contributed by atoms with van der Waals surface area (Å²) in [5, 5.41) is 2.73. The minimum Gasteiger partial charge on any atom is -0.447 e. The van der Waals surface area contributed by atoms with Crippen LogP contribution in [0.15, 0.2) is 0 Å². The molecule has 58 valence electrons. The molecule has 0 aromatic carbocycles. The lowest BCUT2D eigenvalue weighted by molar-refractivity contribution is 0.176. The van der Waals surface area contributed by atoms with Crippen LogP contribution in [0.25, 0.3) is 0 Å². The van der Waals surface area contributed by atoms with Gasteiger partial charge in [0.2, 0.25) is 0 Å². The molecule has 1 amide bonds. The summed E-state index contributed by atoms with van der Waals surface area (Å²) in [6.07, 6.45) is 3.12. The first-order valence-electron chi connectivity index (χ1n) is 3.76. The molecular formula is C7H13NO2. The molecule has 1 rings (SSSR count). The molecule has 1 aliphatic rings. The van der Waals surface area contributed by atoms with Gasteiger partial charge in [0.05, 0.1) is 6.04 Å². The standard InChI is InChI=1S/C7H13NO2/c1-2-3-4-6-5-10-7(9)8-6/h6H,2-5H2,1H3,(H,8,9). The second kappa shape index (κ2) is 3.44. The number of hydrogen-bond donors (Lipinski definition) is 1. The zero-order valence-electron chi connectivity index (χ0n) is 6.22. The first kappa shape index (κ1) is 7.38. The lowest BCUT2D eigenvalue weighted by Gasteiger charge is -2.03. The van der Waals surface area contributed by atoms with Crippen molar-refractivity contribution in [1.29, 1.82) is 0 Å². The molecule has 0 saturated carbocycles. The minimum absolute atomic E-state index is 0.263. The molecule has 3 heteroatoms. The molecule has 10 heavy (non-hydrogen) atoms. The smallest absolute Gasteiger partial charge is 0.407 e. The average Bonchev–Trinajstić information content (AvgIpc) is 2.31. The summed E-state index contributed by atoms with van der Waals surface area (Å²) in [6, 6.07) is 0.271. The third-order valence-corrected chi connectivity index (χ3v) is 1.64. The molecule has 1 saturated heterocycles. The van der Waals surface area contributed by atoms with Gasteiger partial charge in [0.25, 0.3) is 0 Å². The molecule has 1 fully saturated rings. The number of nitrogens with one attached hydrogen (secondary N) is 1. The zero-order valence-corrected chi connectivity index (χ0v) is 6.22. The fourth-order valence-corrected chi connectivity index (χ4v) is 1.03. The third-order valence-electron chi connectivity index (χ3n) is 1.64. The number of amides is 1. The molecule has 1 unspecified atom stereocenters. The van der Waals surface area contributed by atoms with Crippen molar-refractivity contribution >= 4 is 6.09 Å². The Morgan fingerprint density at radius 2 is 2.60 bits per heavy atom. The monoisotopic (exact) mass is 143 g/mol. The van der Waals surface area contributed by atoms with E-state index in [2.05, 4.69) is 12.2 Å². The van der Waals surface area contributed by atoms with Crippen molar-refractivity contribution in [1.82, 2.24) is 5.32 Å². The maximum absolute atomic E-state index is 10.5. The molecule has 0 aromatic heterocycles. The van der Waals surface area contributed by atoms with Crippen molar-refractivity contribution in [3.05, 3.63) is 0 Å². The van der Waals surface area contributed by atoms with Crippen molar-refractivity contribution in [2.45, 2.75) is 32.2 Å². The molecule has 1 N–H and O–H groups in total. The van der Waals surface area contributed by atoms with E-state index in [1.54, 1.807) is 0 Å². The van der Waals surface area contributed by atoms with Gasteiger partial charge in [-0.2, -0.15) is 0 Å². The Morgan fingerprint density at radius 3 is 3.10 bits per heavy atom. The lowest BCUT2D eigenvalue weighted by Crippen LogP contribution is -2.25. The van der Waals surface area contributed by atoms with Gasteiger partial charge in [-0.15, -0.1) is 0 Å². The Kier molecular flexibility index (Phi) is 2.54. The maximum atomic E-state index is 10.5. The fraction of sp³-hybridized carbons (Fsp3) is 0.857. The van der Waals surface area contributed by atoms with Crippen LogP contribution < -0.4 is 5.32 Å². The summed E-state index contributed by atoms with van der Waals surface area (Å²) in [5.74, 6) is 0. The van der Waals surface area contributed by atoms with Crippen molar-refractivity contribution in [3.63, 3.8) is 0 Å². The van der Waals surface area contributed by atoms with E-state index < -0.39 is 0 Å². The second-order valence-electron chi connectivity index (χ2n) is 2.58. The summed E-state index contributed by atoms with van der Waals surface area (Å²) < 4.78 is 4.71. The van der Waals surface area contributed by atoms with Crippen molar-refractivity contribution in [2.24, 2.45) is 0 Å². The van der Waals surface area contributed by atoms with Crippen LogP contribution in [0.2, 0.25) is 0 Å². The molecule has 0 aliphatic carbocycles. The van der Waals surface area contributed by atoms with Gasteiger partial charge in [0.1, 0.15) is 6.61 Å². The largest absolute Gasteiger partial charge is 0.447 e. The molecule has 1 atom stereocenters. The van der Waals surface area contributed by atoms with E-state index in [0.717, 1.165) is 12.8 Å². The summed E-state index contributed by atoms with van der Waals surface area (Å²) in [7, 11) is 0. The van der Waals surface area contributed by atoms with Crippen LogP contribution in [0.5, 0.6) is 0 Å². The van der Waals surface area contributed by atoms with E-state index in [-0.39, 0.29) is 12.1 Å². The Hall–Kier alpha value is -0.730. The zero-order chi connectivity index (χ0) is 7.40. The van der Waals surface area contributed by atoms with Crippen molar-refractivity contribution in [2.75, 3.05) is 6.61 Å². The van der Waals surface area contributed by atoms with Gasteiger partial charge in [0, 0.05) is 0 Å². The van der Waals surface area contributed by atoms with E-state index in [1.165, 1.54) is 6.42 Å². The van der Waals surface area contributed by atoms with E-state index >= 15 is 0 Å². The molecule has 0 aromatic rings. The van der Waals surface area contributed by atoms with Crippen LogP contribution in [-0.2, 0) is 4.74 Å². The SMILES string of the molecule is CCCCC1COC(=O)N1. The summed E-state index contributed by atoms with van der Waals surface area (Å²) >= 11 is 0.